The van der Waals surface area contributed by atoms with E-state index in [0.29, 0.717) is 0 Å². The summed E-state index contributed by atoms with van der Waals surface area (Å²) in [6, 6.07) is 10.5. The Hall–Kier alpha value is -1.61. The van der Waals surface area contributed by atoms with E-state index in [1.807, 2.05) is 6.07 Å². The van der Waals surface area contributed by atoms with Crippen molar-refractivity contribution in [1.82, 2.24) is 4.90 Å². The van der Waals surface area contributed by atoms with E-state index in [0.717, 1.165) is 19.4 Å². The first-order valence-corrected chi connectivity index (χ1v) is 7.89. The van der Waals surface area contributed by atoms with Crippen molar-refractivity contribution in [1.29, 1.82) is 0 Å². The molecule has 1 saturated heterocycles. The minimum atomic E-state index is -0.326. The SMILES string of the molecule is C=CC(=O)OC1CC(C)(C)N(Cc2ccccc2)C(C)(C)C1. The highest BCUT2D eigenvalue weighted by molar-refractivity contribution is 5.81. The number of benzene rings is 1. The number of likely N-dealkylation sites (tertiary alicyclic amines) is 1. The standard InChI is InChI=1S/C19H27NO2/c1-6-17(21)22-16-12-18(2,3)20(19(4,5)13-16)14-15-10-8-7-9-11-15/h6-11,16H,1,12-14H2,2-5H3. The van der Waals surface area contributed by atoms with Crippen LogP contribution in [0.15, 0.2) is 43.0 Å². The van der Waals surface area contributed by atoms with E-state index in [2.05, 4.69) is 63.4 Å². The monoisotopic (exact) mass is 301 g/mol. The molecule has 0 atom stereocenters. The predicted molar refractivity (Wildman–Crippen MR) is 89.5 cm³/mol. The highest BCUT2D eigenvalue weighted by Gasteiger charge is 2.46. The molecule has 1 aliphatic heterocycles. The topological polar surface area (TPSA) is 29.5 Å². The Morgan fingerprint density at radius 1 is 1.23 bits per heavy atom. The quantitative estimate of drug-likeness (QED) is 0.623. The highest BCUT2D eigenvalue weighted by Crippen LogP contribution is 2.40. The molecule has 0 aliphatic carbocycles. The molecule has 2 rings (SSSR count). The number of carbonyl (C=O) groups excluding carboxylic acids is 1. The Kier molecular flexibility index (Phi) is 4.76. The van der Waals surface area contributed by atoms with Crippen molar-refractivity contribution >= 4 is 5.97 Å². The van der Waals surface area contributed by atoms with Crippen LogP contribution in [0.1, 0.15) is 46.1 Å². The zero-order valence-corrected chi connectivity index (χ0v) is 14.1. The van der Waals surface area contributed by atoms with E-state index in [1.165, 1.54) is 11.6 Å². The van der Waals surface area contributed by atoms with Gasteiger partial charge in [-0.2, -0.15) is 0 Å². The van der Waals surface area contributed by atoms with Crippen molar-refractivity contribution in [2.24, 2.45) is 0 Å². The van der Waals surface area contributed by atoms with Gasteiger partial charge in [-0.15, -0.1) is 0 Å². The predicted octanol–water partition coefficient (Wildman–Crippen LogP) is 3.94. The molecule has 1 aromatic carbocycles. The van der Waals surface area contributed by atoms with Gasteiger partial charge in [0.05, 0.1) is 0 Å². The summed E-state index contributed by atoms with van der Waals surface area (Å²) in [6.45, 7) is 13.3. The number of carbonyl (C=O) groups is 1. The molecule has 0 radical (unpaired) electrons. The van der Waals surface area contributed by atoms with E-state index in [-0.39, 0.29) is 23.2 Å². The van der Waals surface area contributed by atoms with Crippen molar-refractivity contribution in [3.8, 4) is 0 Å². The summed E-state index contributed by atoms with van der Waals surface area (Å²) in [5.41, 5.74) is 1.23. The number of nitrogens with zero attached hydrogens (tertiary/aromatic N) is 1. The first-order valence-electron chi connectivity index (χ1n) is 7.89. The molecule has 0 unspecified atom stereocenters. The lowest BCUT2D eigenvalue weighted by Crippen LogP contribution is -2.61. The average Bonchev–Trinajstić information content (AvgIpc) is 2.43. The third-order valence-corrected chi connectivity index (χ3v) is 4.55. The normalized spacial score (nSPS) is 21.3. The molecule has 0 saturated carbocycles. The lowest BCUT2D eigenvalue weighted by Gasteiger charge is -2.55. The molecular formula is C19H27NO2. The number of piperidine rings is 1. The van der Waals surface area contributed by atoms with Gasteiger partial charge in [-0.3, -0.25) is 4.90 Å². The van der Waals surface area contributed by atoms with Gasteiger partial charge in [-0.1, -0.05) is 36.9 Å². The largest absolute Gasteiger partial charge is 0.459 e. The summed E-state index contributed by atoms with van der Waals surface area (Å²) in [4.78, 5) is 14.0. The maximum Gasteiger partial charge on any atom is 0.330 e. The third-order valence-electron chi connectivity index (χ3n) is 4.55. The molecule has 120 valence electrons. The lowest BCUT2D eigenvalue weighted by molar-refractivity contribution is -0.155. The van der Waals surface area contributed by atoms with Crippen LogP contribution in [-0.4, -0.2) is 28.1 Å². The first-order chi connectivity index (χ1) is 10.2. The van der Waals surface area contributed by atoms with Crippen LogP contribution in [0.2, 0.25) is 0 Å². The van der Waals surface area contributed by atoms with Crippen molar-refractivity contribution in [2.75, 3.05) is 0 Å². The van der Waals surface area contributed by atoms with E-state index >= 15 is 0 Å². The maximum absolute atomic E-state index is 11.5. The summed E-state index contributed by atoms with van der Waals surface area (Å²) in [5.74, 6) is -0.326. The summed E-state index contributed by atoms with van der Waals surface area (Å²) in [7, 11) is 0. The summed E-state index contributed by atoms with van der Waals surface area (Å²) in [5, 5.41) is 0. The second kappa shape index (κ2) is 6.25. The van der Waals surface area contributed by atoms with Crippen LogP contribution in [0, 0.1) is 0 Å². The molecule has 0 spiro atoms. The molecule has 3 nitrogen and oxygen atoms in total. The van der Waals surface area contributed by atoms with Gasteiger partial charge in [0, 0.05) is 36.5 Å². The zero-order valence-electron chi connectivity index (χ0n) is 14.1. The minimum absolute atomic E-state index is 0.0380. The van der Waals surface area contributed by atoms with Gasteiger partial charge in [0.2, 0.25) is 0 Å². The Morgan fingerprint density at radius 2 is 1.77 bits per heavy atom. The fraction of sp³-hybridized carbons (Fsp3) is 0.526. The van der Waals surface area contributed by atoms with Crippen LogP contribution in [0.3, 0.4) is 0 Å². The number of hydrogen-bond donors (Lipinski definition) is 0. The van der Waals surface area contributed by atoms with Crippen molar-refractivity contribution in [2.45, 2.75) is 64.3 Å². The van der Waals surface area contributed by atoms with Crippen LogP contribution < -0.4 is 0 Å². The second-order valence-corrected chi connectivity index (χ2v) is 7.37. The van der Waals surface area contributed by atoms with Gasteiger partial charge < -0.3 is 4.74 Å². The van der Waals surface area contributed by atoms with Crippen molar-refractivity contribution in [3.63, 3.8) is 0 Å². The van der Waals surface area contributed by atoms with Crippen LogP contribution in [0.4, 0.5) is 0 Å². The van der Waals surface area contributed by atoms with Crippen LogP contribution in [0.5, 0.6) is 0 Å². The summed E-state index contributed by atoms with van der Waals surface area (Å²) < 4.78 is 5.53. The van der Waals surface area contributed by atoms with Crippen LogP contribution >= 0.6 is 0 Å². The molecule has 0 amide bonds. The number of rotatable bonds is 4. The van der Waals surface area contributed by atoms with Gasteiger partial charge in [0.1, 0.15) is 6.10 Å². The number of esters is 1. The van der Waals surface area contributed by atoms with Crippen molar-refractivity contribution < 1.29 is 9.53 Å². The van der Waals surface area contributed by atoms with Gasteiger partial charge in [-0.25, -0.2) is 4.79 Å². The van der Waals surface area contributed by atoms with Gasteiger partial charge in [0.25, 0.3) is 0 Å². The Bertz CT molecular complexity index is 516. The molecule has 1 aliphatic rings. The average molecular weight is 301 g/mol. The molecule has 3 heteroatoms. The van der Waals surface area contributed by atoms with E-state index in [1.54, 1.807) is 0 Å². The summed E-state index contributed by atoms with van der Waals surface area (Å²) in [6.07, 6.45) is 2.87. The number of hydrogen-bond acceptors (Lipinski definition) is 3. The molecule has 1 aromatic rings. The van der Waals surface area contributed by atoms with Crippen LogP contribution in [0.25, 0.3) is 0 Å². The third kappa shape index (κ3) is 3.77. The van der Waals surface area contributed by atoms with E-state index < -0.39 is 0 Å². The van der Waals surface area contributed by atoms with Gasteiger partial charge in [-0.05, 0) is 33.3 Å². The fourth-order valence-electron chi connectivity index (χ4n) is 3.72. The van der Waals surface area contributed by atoms with Crippen LogP contribution in [-0.2, 0) is 16.1 Å². The zero-order chi connectivity index (χ0) is 16.4. The summed E-state index contributed by atoms with van der Waals surface area (Å²) >= 11 is 0. The molecule has 1 fully saturated rings. The smallest absolute Gasteiger partial charge is 0.330 e. The Labute approximate surface area is 134 Å². The Balaban J connectivity index is 2.17. The second-order valence-electron chi connectivity index (χ2n) is 7.37. The first kappa shape index (κ1) is 16.8. The minimum Gasteiger partial charge on any atom is -0.459 e. The molecular weight excluding hydrogens is 274 g/mol. The van der Waals surface area contributed by atoms with Gasteiger partial charge >= 0.3 is 5.97 Å². The molecule has 0 aromatic heterocycles. The fourth-order valence-corrected chi connectivity index (χ4v) is 3.72. The molecule has 0 bridgehead atoms. The lowest BCUT2D eigenvalue weighted by atomic mass is 9.77. The molecule has 0 N–H and O–H groups in total. The van der Waals surface area contributed by atoms with E-state index in [4.69, 9.17) is 4.74 Å². The Morgan fingerprint density at radius 3 is 2.27 bits per heavy atom. The highest BCUT2D eigenvalue weighted by atomic mass is 16.5. The maximum atomic E-state index is 11.5. The molecule has 22 heavy (non-hydrogen) atoms. The molecule has 1 heterocycles. The van der Waals surface area contributed by atoms with E-state index in [9.17, 15) is 4.79 Å². The van der Waals surface area contributed by atoms with Gasteiger partial charge in [0.15, 0.2) is 0 Å². The number of ether oxygens (including phenoxy) is 1. The van der Waals surface area contributed by atoms with Crippen molar-refractivity contribution in [3.05, 3.63) is 48.6 Å².